The van der Waals surface area contributed by atoms with Crippen LogP contribution in [0.4, 0.5) is 0 Å². The molecule has 3 saturated carbocycles. The molecule has 3 fully saturated rings. The fraction of sp³-hybridized carbons (Fsp3) is 0.789. The average Bonchev–Trinajstić information content (AvgIpc) is 2.73. The normalized spacial score (nSPS) is 52.5. The van der Waals surface area contributed by atoms with E-state index in [-0.39, 0.29) is 40.8 Å². The van der Waals surface area contributed by atoms with Crippen molar-refractivity contribution in [2.45, 2.75) is 64.6 Å². The fourth-order valence-electron chi connectivity index (χ4n) is 6.18. The van der Waals surface area contributed by atoms with Gasteiger partial charge in [0.2, 0.25) is 0 Å². The highest BCUT2D eigenvalue weighted by Crippen LogP contribution is 2.63. The zero-order valence-corrected chi connectivity index (χ0v) is 13.9. The molecular weight excluding hydrogens is 292 g/mol. The lowest BCUT2D eigenvalue weighted by molar-refractivity contribution is -0.141. The van der Waals surface area contributed by atoms with Crippen molar-refractivity contribution in [2.75, 3.05) is 0 Å². The number of rotatable bonds is 0. The van der Waals surface area contributed by atoms with Crippen LogP contribution in [0.3, 0.4) is 0 Å². The van der Waals surface area contributed by atoms with Gasteiger partial charge in [-0.3, -0.25) is 9.59 Å². The molecule has 126 valence electrons. The Bertz CT molecular complexity index is 608. The van der Waals surface area contributed by atoms with E-state index in [2.05, 4.69) is 6.92 Å². The lowest BCUT2D eigenvalue weighted by Gasteiger charge is -2.55. The van der Waals surface area contributed by atoms with Crippen LogP contribution in [-0.2, 0) is 9.59 Å². The zero-order valence-electron chi connectivity index (χ0n) is 13.9. The van der Waals surface area contributed by atoms with E-state index in [0.29, 0.717) is 12.8 Å². The lowest BCUT2D eigenvalue weighted by Crippen LogP contribution is -2.53. The Hall–Kier alpha value is -1.00. The van der Waals surface area contributed by atoms with Gasteiger partial charge in [-0.15, -0.1) is 0 Å². The van der Waals surface area contributed by atoms with E-state index in [4.69, 9.17) is 0 Å². The van der Waals surface area contributed by atoms with Crippen molar-refractivity contribution in [2.24, 2.45) is 28.6 Å². The number of hydrogen-bond acceptors (Lipinski definition) is 4. The van der Waals surface area contributed by atoms with E-state index in [0.717, 1.165) is 31.3 Å². The fourth-order valence-corrected chi connectivity index (χ4v) is 6.18. The molecule has 4 heteroatoms. The number of aliphatic hydroxyl groups excluding tert-OH is 2. The van der Waals surface area contributed by atoms with Crippen LogP contribution < -0.4 is 0 Å². The molecule has 0 amide bonds. The molecule has 0 aliphatic heterocycles. The molecule has 0 unspecified atom stereocenters. The second-order valence-corrected chi connectivity index (χ2v) is 8.70. The summed E-state index contributed by atoms with van der Waals surface area (Å²) in [6, 6.07) is 0. The highest BCUT2D eigenvalue weighted by atomic mass is 16.3. The smallest absolute Gasteiger partial charge is 0.167 e. The van der Waals surface area contributed by atoms with Gasteiger partial charge in [0.15, 0.2) is 11.6 Å². The summed E-state index contributed by atoms with van der Waals surface area (Å²) < 4.78 is 0. The molecule has 0 radical (unpaired) electrons. The molecule has 0 aromatic heterocycles. The zero-order chi connectivity index (χ0) is 16.6. The van der Waals surface area contributed by atoms with Crippen molar-refractivity contribution >= 4 is 11.6 Å². The van der Waals surface area contributed by atoms with Gasteiger partial charge in [-0.2, -0.15) is 0 Å². The maximum atomic E-state index is 12.9. The molecular formula is C19H26O4. The SMILES string of the molecule is C[C@]12CC[C@H](O)CC1=CC(=O)[C@@H]1[C@@H]2CC[C@]2(C)C(=O)[C@H](O)C[C@@H]12. The maximum absolute atomic E-state index is 12.9. The van der Waals surface area contributed by atoms with Crippen molar-refractivity contribution in [3.63, 3.8) is 0 Å². The highest BCUT2D eigenvalue weighted by Gasteiger charge is 2.62. The average molecular weight is 318 g/mol. The summed E-state index contributed by atoms with van der Waals surface area (Å²) >= 11 is 0. The summed E-state index contributed by atoms with van der Waals surface area (Å²) in [5, 5.41) is 20.1. The van der Waals surface area contributed by atoms with Gasteiger partial charge in [0.05, 0.1) is 6.10 Å². The van der Waals surface area contributed by atoms with Gasteiger partial charge < -0.3 is 10.2 Å². The van der Waals surface area contributed by atoms with Gasteiger partial charge in [0.25, 0.3) is 0 Å². The van der Waals surface area contributed by atoms with Gasteiger partial charge in [-0.1, -0.05) is 19.4 Å². The summed E-state index contributed by atoms with van der Waals surface area (Å²) in [6.07, 6.45) is 4.91. The Morgan fingerprint density at radius 3 is 2.48 bits per heavy atom. The minimum Gasteiger partial charge on any atom is -0.393 e. The number of fused-ring (bicyclic) bond motifs is 5. The van der Waals surface area contributed by atoms with Crippen LogP contribution in [0, 0.1) is 28.6 Å². The van der Waals surface area contributed by atoms with Crippen molar-refractivity contribution < 1.29 is 19.8 Å². The Morgan fingerprint density at radius 1 is 1.04 bits per heavy atom. The lowest BCUT2D eigenvalue weighted by atomic mass is 9.48. The molecule has 0 bridgehead atoms. The molecule has 23 heavy (non-hydrogen) atoms. The Labute approximate surface area is 137 Å². The molecule has 2 N–H and O–H groups in total. The maximum Gasteiger partial charge on any atom is 0.167 e. The summed E-state index contributed by atoms with van der Waals surface area (Å²) in [6.45, 7) is 4.19. The number of ketones is 2. The number of carbonyl (C=O) groups is 2. The number of aliphatic hydroxyl groups is 2. The molecule has 4 nitrogen and oxygen atoms in total. The third kappa shape index (κ3) is 1.91. The molecule has 0 aromatic rings. The molecule has 4 aliphatic carbocycles. The van der Waals surface area contributed by atoms with Gasteiger partial charge in [-0.25, -0.2) is 0 Å². The van der Waals surface area contributed by atoms with Crippen LogP contribution in [0.1, 0.15) is 52.4 Å². The van der Waals surface area contributed by atoms with E-state index < -0.39 is 11.5 Å². The first kappa shape index (κ1) is 15.5. The minimum atomic E-state index is -0.900. The molecule has 0 aromatic carbocycles. The first-order valence-corrected chi connectivity index (χ1v) is 8.93. The quantitative estimate of drug-likeness (QED) is 0.717. The second-order valence-electron chi connectivity index (χ2n) is 8.70. The first-order chi connectivity index (χ1) is 10.8. The summed E-state index contributed by atoms with van der Waals surface area (Å²) in [7, 11) is 0. The van der Waals surface area contributed by atoms with Crippen molar-refractivity contribution in [1.29, 1.82) is 0 Å². The third-order valence-electron chi connectivity index (χ3n) is 7.65. The van der Waals surface area contributed by atoms with Gasteiger partial charge >= 0.3 is 0 Å². The van der Waals surface area contributed by atoms with E-state index in [9.17, 15) is 19.8 Å². The van der Waals surface area contributed by atoms with Crippen molar-refractivity contribution in [3.8, 4) is 0 Å². The Balaban J connectivity index is 1.76. The van der Waals surface area contributed by atoms with E-state index >= 15 is 0 Å². The van der Waals surface area contributed by atoms with E-state index in [1.165, 1.54) is 0 Å². The Morgan fingerprint density at radius 2 is 1.74 bits per heavy atom. The van der Waals surface area contributed by atoms with Crippen LogP contribution in [0.25, 0.3) is 0 Å². The van der Waals surface area contributed by atoms with Gasteiger partial charge in [0.1, 0.15) is 6.10 Å². The number of carbonyl (C=O) groups excluding carboxylic acids is 2. The summed E-state index contributed by atoms with van der Waals surface area (Å²) in [4.78, 5) is 25.3. The largest absolute Gasteiger partial charge is 0.393 e. The minimum absolute atomic E-state index is 0.0299. The van der Waals surface area contributed by atoms with Crippen LogP contribution in [-0.4, -0.2) is 34.0 Å². The van der Waals surface area contributed by atoms with Crippen LogP contribution in [0.15, 0.2) is 11.6 Å². The van der Waals surface area contributed by atoms with Crippen LogP contribution in [0.5, 0.6) is 0 Å². The van der Waals surface area contributed by atoms with Crippen LogP contribution >= 0.6 is 0 Å². The van der Waals surface area contributed by atoms with Crippen molar-refractivity contribution in [3.05, 3.63) is 11.6 Å². The summed E-state index contributed by atoms with van der Waals surface area (Å²) in [5.41, 5.74) is 0.540. The van der Waals surface area contributed by atoms with Gasteiger partial charge in [-0.05, 0) is 61.9 Å². The second kappa shape index (κ2) is 4.76. The molecule has 4 aliphatic rings. The predicted molar refractivity (Wildman–Crippen MR) is 84.5 cm³/mol. The topological polar surface area (TPSA) is 74.6 Å². The third-order valence-corrected chi connectivity index (χ3v) is 7.65. The summed E-state index contributed by atoms with van der Waals surface area (Å²) in [5.74, 6) is 0.136. The predicted octanol–water partition coefficient (Wildman–Crippen LogP) is 2.03. The van der Waals surface area contributed by atoms with E-state index in [1.807, 2.05) is 6.92 Å². The molecule has 0 spiro atoms. The molecule has 0 saturated heterocycles. The van der Waals surface area contributed by atoms with Crippen molar-refractivity contribution in [1.82, 2.24) is 0 Å². The molecule has 7 atom stereocenters. The Kier molecular flexibility index (Phi) is 3.21. The highest BCUT2D eigenvalue weighted by molar-refractivity contribution is 5.97. The van der Waals surface area contributed by atoms with Crippen LogP contribution in [0.2, 0.25) is 0 Å². The molecule has 0 heterocycles. The standard InChI is InChI=1S/C19H26O4/c1-18-5-3-11(20)7-10(18)8-14(21)16-12(18)4-6-19(2)13(16)9-15(22)17(19)23/h8,11-13,15-16,20,22H,3-7,9H2,1-2H3/t11-,12-,13-,15+,16+,18-,19-/m0/s1. The number of allylic oxidation sites excluding steroid dienone is 1. The van der Waals surface area contributed by atoms with Gasteiger partial charge in [0, 0.05) is 11.3 Å². The molecule has 4 rings (SSSR count). The number of hydrogen-bond donors (Lipinski definition) is 2. The first-order valence-electron chi connectivity index (χ1n) is 8.93. The monoisotopic (exact) mass is 318 g/mol. The van der Waals surface area contributed by atoms with E-state index in [1.54, 1.807) is 6.08 Å². The number of Topliss-reactive ketones (excluding diaryl/α,β-unsaturated/α-hetero) is 1.